The lowest BCUT2D eigenvalue weighted by molar-refractivity contribution is 0.0818. The Balaban J connectivity index is 0.000000174. The predicted octanol–water partition coefficient (Wildman–Crippen LogP) is 7.12. The average molecular weight is 556 g/mol. The smallest absolute Gasteiger partial charge is 0.213 e. The Bertz CT molecular complexity index is 1660. The second kappa shape index (κ2) is 12.0. The van der Waals surface area contributed by atoms with Crippen LogP contribution >= 0.6 is 0 Å². The number of hydrogen-bond donors (Lipinski definition) is 0. The van der Waals surface area contributed by atoms with Crippen molar-refractivity contribution in [3.05, 3.63) is 114 Å². The molecule has 5 aromatic rings. The van der Waals surface area contributed by atoms with E-state index < -0.39 is 20.0 Å². The SMILES string of the molecule is C[Si](C)(C)CCOCn1nc(-c2ccnc(F)c2)c2ccccc21.Fc1cc(C2=NCc3ccccc32)ccn1. The summed E-state index contributed by atoms with van der Waals surface area (Å²) in [5, 5.41) is 5.63. The van der Waals surface area contributed by atoms with Gasteiger partial charge >= 0.3 is 0 Å². The summed E-state index contributed by atoms with van der Waals surface area (Å²) in [4.78, 5) is 11.6. The minimum atomic E-state index is -1.11. The van der Waals surface area contributed by atoms with Gasteiger partial charge in [-0.25, -0.2) is 14.6 Å². The molecule has 6 nitrogen and oxygen atoms in total. The number of para-hydroxylation sites is 1. The van der Waals surface area contributed by atoms with Crippen molar-refractivity contribution in [2.24, 2.45) is 4.99 Å². The third kappa shape index (κ3) is 6.55. The predicted molar refractivity (Wildman–Crippen MR) is 157 cm³/mol. The molecule has 0 unspecified atom stereocenters. The molecule has 0 saturated carbocycles. The van der Waals surface area contributed by atoms with E-state index in [1.54, 1.807) is 12.1 Å². The lowest BCUT2D eigenvalue weighted by Gasteiger charge is -2.15. The summed E-state index contributed by atoms with van der Waals surface area (Å²) in [5.41, 5.74) is 6.38. The molecule has 204 valence electrons. The average Bonchev–Trinajstić information content (AvgIpc) is 3.53. The minimum absolute atomic E-state index is 0.401. The van der Waals surface area contributed by atoms with Crippen LogP contribution in [-0.4, -0.2) is 40.1 Å². The molecule has 0 amide bonds. The molecule has 0 N–H and O–H groups in total. The molecule has 6 rings (SSSR count). The Kier molecular flexibility index (Phi) is 8.23. The highest BCUT2D eigenvalue weighted by Crippen LogP contribution is 2.28. The van der Waals surface area contributed by atoms with Crippen molar-refractivity contribution in [3.8, 4) is 11.3 Å². The van der Waals surface area contributed by atoms with Crippen molar-refractivity contribution in [1.82, 2.24) is 19.7 Å². The Hall–Kier alpha value is -4.08. The summed E-state index contributed by atoms with van der Waals surface area (Å²) in [6, 6.07) is 23.4. The van der Waals surface area contributed by atoms with Gasteiger partial charge in [-0.15, -0.1) is 0 Å². The molecule has 2 aromatic carbocycles. The largest absolute Gasteiger partial charge is 0.360 e. The van der Waals surface area contributed by atoms with E-state index >= 15 is 0 Å². The number of halogens is 2. The number of ether oxygens (including phenoxy) is 1. The van der Waals surface area contributed by atoms with Gasteiger partial charge in [0, 0.05) is 61.3 Å². The fraction of sp³-hybridized carbons (Fsp3) is 0.226. The maximum Gasteiger partial charge on any atom is 0.213 e. The normalized spacial score (nSPS) is 12.6. The van der Waals surface area contributed by atoms with E-state index in [9.17, 15) is 8.78 Å². The first-order valence-corrected chi connectivity index (χ1v) is 16.9. The second-order valence-electron chi connectivity index (χ2n) is 10.8. The first-order chi connectivity index (χ1) is 19.3. The van der Waals surface area contributed by atoms with Gasteiger partial charge in [-0.3, -0.25) is 4.99 Å². The van der Waals surface area contributed by atoms with Crippen LogP contribution in [0.2, 0.25) is 25.7 Å². The van der Waals surface area contributed by atoms with E-state index in [-0.39, 0.29) is 0 Å². The Labute approximate surface area is 233 Å². The van der Waals surface area contributed by atoms with Crippen LogP contribution in [0.25, 0.3) is 22.2 Å². The summed E-state index contributed by atoms with van der Waals surface area (Å²) < 4.78 is 34.1. The summed E-state index contributed by atoms with van der Waals surface area (Å²) >= 11 is 0. The molecule has 1 aliphatic heterocycles. The molecule has 0 bridgehead atoms. The first kappa shape index (κ1) is 27.5. The van der Waals surface area contributed by atoms with Crippen LogP contribution in [0.1, 0.15) is 16.7 Å². The number of benzene rings is 2. The van der Waals surface area contributed by atoms with E-state index in [0.29, 0.717) is 13.3 Å². The van der Waals surface area contributed by atoms with Crippen LogP contribution in [0, 0.1) is 11.9 Å². The molecular weight excluding hydrogens is 524 g/mol. The van der Waals surface area contributed by atoms with E-state index in [4.69, 9.17) is 4.74 Å². The van der Waals surface area contributed by atoms with E-state index in [1.165, 1.54) is 30.1 Å². The summed E-state index contributed by atoms with van der Waals surface area (Å²) in [6.45, 7) is 8.80. The molecule has 0 radical (unpaired) electrons. The van der Waals surface area contributed by atoms with E-state index in [0.717, 1.165) is 51.6 Å². The number of fused-ring (bicyclic) bond motifs is 2. The number of aromatic nitrogens is 4. The van der Waals surface area contributed by atoms with Gasteiger partial charge in [0.1, 0.15) is 12.4 Å². The Morgan fingerprint density at radius 3 is 2.27 bits per heavy atom. The maximum absolute atomic E-state index is 13.5. The number of nitrogens with zero attached hydrogens (tertiary/aromatic N) is 5. The van der Waals surface area contributed by atoms with Crippen molar-refractivity contribution in [1.29, 1.82) is 0 Å². The zero-order valence-corrected chi connectivity index (χ0v) is 23.8. The third-order valence-corrected chi connectivity index (χ3v) is 8.25. The summed E-state index contributed by atoms with van der Waals surface area (Å²) in [5.74, 6) is -0.970. The Morgan fingerprint density at radius 1 is 0.850 bits per heavy atom. The van der Waals surface area contributed by atoms with Crippen molar-refractivity contribution < 1.29 is 13.5 Å². The number of aliphatic imine (C=N–C) groups is 1. The van der Waals surface area contributed by atoms with Crippen molar-refractivity contribution in [3.63, 3.8) is 0 Å². The second-order valence-corrected chi connectivity index (χ2v) is 16.4. The summed E-state index contributed by atoms with van der Waals surface area (Å²) in [7, 11) is -1.11. The van der Waals surface area contributed by atoms with E-state index in [2.05, 4.69) is 39.7 Å². The summed E-state index contributed by atoms with van der Waals surface area (Å²) in [6.07, 6.45) is 2.93. The van der Waals surface area contributed by atoms with Crippen molar-refractivity contribution >= 4 is 24.7 Å². The van der Waals surface area contributed by atoms with Crippen LogP contribution in [-0.2, 0) is 18.0 Å². The lowest BCUT2D eigenvalue weighted by atomic mass is 10.0. The number of hydrogen-bond acceptors (Lipinski definition) is 5. The van der Waals surface area contributed by atoms with Gasteiger partial charge in [-0.2, -0.15) is 13.9 Å². The van der Waals surface area contributed by atoms with Gasteiger partial charge in [0.05, 0.1) is 17.8 Å². The molecule has 3 aromatic heterocycles. The lowest BCUT2D eigenvalue weighted by Crippen LogP contribution is -2.22. The number of rotatable bonds is 7. The molecule has 0 fully saturated rings. The zero-order chi connectivity index (χ0) is 28.1. The molecule has 0 saturated heterocycles. The molecule has 1 aliphatic rings. The standard InChI is InChI=1S/C18H22FN3OSi.C13H9FN2/c1-24(2,3)11-10-23-13-22-16-7-5-4-6-15(16)18(21-22)14-8-9-20-17(19)12-14;14-12-7-9(5-6-15-12)13-11-4-2-1-3-10(11)8-16-13/h4-9,12H,10-11,13H2,1-3H3;1-7H,8H2. The molecule has 40 heavy (non-hydrogen) atoms. The molecule has 0 atom stereocenters. The van der Waals surface area contributed by atoms with Gasteiger partial charge in [0.2, 0.25) is 11.9 Å². The third-order valence-electron chi connectivity index (χ3n) is 6.55. The molecule has 9 heteroatoms. The van der Waals surface area contributed by atoms with Crippen LogP contribution < -0.4 is 0 Å². The first-order valence-electron chi connectivity index (χ1n) is 13.2. The minimum Gasteiger partial charge on any atom is -0.360 e. The van der Waals surface area contributed by atoms with Gasteiger partial charge in [0.15, 0.2) is 0 Å². The van der Waals surface area contributed by atoms with Crippen LogP contribution in [0.4, 0.5) is 8.78 Å². The van der Waals surface area contributed by atoms with Crippen LogP contribution in [0.5, 0.6) is 0 Å². The van der Waals surface area contributed by atoms with Crippen molar-refractivity contribution in [2.75, 3.05) is 6.61 Å². The molecule has 0 spiro atoms. The maximum atomic E-state index is 13.5. The molecule has 0 aliphatic carbocycles. The van der Waals surface area contributed by atoms with Gasteiger partial charge < -0.3 is 4.74 Å². The fourth-order valence-corrected chi connectivity index (χ4v) is 5.21. The fourth-order valence-electron chi connectivity index (χ4n) is 4.45. The molecular formula is C31H31F2N5OSi. The van der Waals surface area contributed by atoms with E-state index in [1.807, 2.05) is 53.2 Å². The van der Waals surface area contributed by atoms with Gasteiger partial charge in [-0.05, 0) is 29.8 Å². The quantitative estimate of drug-likeness (QED) is 0.122. The highest BCUT2D eigenvalue weighted by atomic mass is 28.3. The van der Waals surface area contributed by atoms with Crippen molar-refractivity contribution in [2.45, 2.75) is 39.0 Å². The molecule has 4 heterocycles. The highest BCUT2D eigenvalue weighted by Gasteiger charge is 2.17. The van der Waals surface area contributed by atoms with Crippen LogP contribution in [0.3, 0.4) is 0 Å². The Morgan fingerprint density at radius 2 is 1.52 bits per heavy atom. The van der Waals surface area contributed by atoms with Crippen LogP contribution in [0.15, 0.2) is 90.2 Å². The van der Waals surface area contributed by atoms with Gasteiger partial charge in [0.25, 0.3) is 0 Å². The number of pyridine rings is 2. The monoisotopic (exact) mass is 555 g/mol. The zero-order valence-electron chi connectivity index (χ0n) is 22.8. The van der Waals surface area contributed by atoms with Gasteiger partial charge in [-0.1, -0.05) is 62.1 Å². The topological polar surface area (TPSA) is 65.2 Å². The highest BCUT2D eigenvalue weighted by molar-refractivity contribution is 6.76.